The van der Waals surface area contributed by atoms with Crippen molar-refractivity contribution in [3.63, 3.8) is 0 Å². The molecule has 4 atom stereocenters. The van der Waals surface area contributed by atoms with Gasteiger partial charge in [0.15, 0.2) is 0 Å². The van der Waals surface area contributed by atoms with E-state index in [4.69, 9.17) is 0 Å². The molecule has 2 aliphatic carbocycles. The molecule has 2 nitrogen and oxygen atoms in total. The zero-order chi connectivity index (χ0) is 10.7. The molecule has 2 unspecified atom stereocenters. The van der Waals surface area contributed by atoms with Crippen LogP contribution < -0.4 is 5.32 Å². The monoisotopic (exact) mass is 229 g/mol. The topological polar surface area (TPSA) is 32.3 Å². The Morgan fingerprint density at radius 3 is 2.80 bits per heavy atom. The summed E-state index contributed by atoms with van der Waals surface area (Å²) in [5.74, 6) is 1.24. The highest BCUT2D eigenvalue weighted by Gasteiger charge is 2.31. The molecule has 3 heteroatoms. The third-order valence-electron chi connectivity index (χ3n) is 3.72. The number of thioether (sulfide) groups is 1. The summed E-state index contributed by atoms with van der Waals surface area (Å²) in [6, 6.07) is 1.06. The van der Waals surface area contributed by atoms with E-state index in [2.05, 4.69) is 24.0 Å². The highest BCUT2D eigenvalue weighted by molar-refractivity contribution is 7.99. The molecule has 0 aliphatic heterocycles. The number of aliphatic hydroxyl groups excluding tert-OH is 1. The highest BCUT2D eigenvalue weighted by atomic mass is 32.2. The van der Waals surface area contributed by atoms with Crippen molar-refractivity contribution in [1.82, 2.24) is 5.32 Å². The normalized spacial score (nSPS) is 41.2. The summed E-state index contributed by atoms with van der Waals surface area (Å²) >= 11 is 2.10. The van der Waals surface area contributed by atoms with Crippen LogP contribution in [0.25, 0.3) is 0 Å². The van der Waals surface area contributed by atoms with Crippen LogP contribution in [-0.4, -0.2) is 34.3 Å². The predicted octanol–water partition coefficient (Wildman–Crippen LogP) is 2.16. The van der Waals surface area contributed by atoms with Crippen LogP contribution in [-0.2, 0) is 0 Å². The molecule has 0 bridgehead atoms. The molecule has 2 aliphatic rings. The summed E-state index contributed by atoms with van der Waals surface area (Å²) in [5.41, 5.74) is 0. The van der Waals surface area contributed by atoms with Crippen molar-refractivity contribution < 1.29 is 5.11 Å². The molecule has 0 amide bonds. The maximum atomic E-state index is 9.75. The molecule has 15 heavy (non-hydrogen) atoms. The summed E-state index contributed by atoms with van der Waals surface area (Å²) in [4.78, 5) is 0. The standard InChI is InChI=1S/C12H23NOS/c1-2-15-10-7-6-9(8-10)13-11-4-3-5-12(11)14/h9-14H,2-8H2,1H3/t9?,10?,11-,12-/m0/s1. The number of aliphatic hydroxyl groups is 1. The van der Waals surface area contributed by atoms with Gasteiger partial charge in [-0.2, -0.15) is 11.8 Å². The fourth-order valence-corrected chi connectivity index (χ4v) is 4.06. The van der Waals surface area contributed by atoms with E-state index in [1.165, 1.54) is 37.9 Å². The lowest BCUT2D eigenvalue weighted by molar-refractivity contribution is 0.143. The Bertz CT molecular complexity index is 200. The predicted molar refractivity (Wildman–Crippen MR) is 66.3 cm³/mol. The zero-order valence-corrected chi connectivity index (χ0v) is 10.4. The van der Waals surface area contributed by atoms with E-state index in [0.29, 0.717) is 12.1 Å². The molecular formula is C12H23NOS. The third-order valence-corrected chi connectivity index (χ3v) is 4.95. The van der Waals surface area contributed by atoms with Gasteiger partial charge in [0.25, 0.3) is 0 Å². The molecule has 0 saturated heterocycles. The second-order valence-electron chi connectivity index (χ2n) is 4.86. The summed E-state index contributed by atoms with van der Waals surface area (Å²) < 4.78 is 0. The van der Waals surface area contributed by atoms with Gasteiger partial charge in [0.1, 0.15) is 0 Å². The Balaban J connectivity index is 1.72. The SMILES string of the molecule is CCSC1CCC(N[C@H]2CCC[C@@H]2O)C1. The first-order chi connectivity index (χ1) is 7.29. The molecule has 0 radical (unpaired) electrons. The Morgan fingerprint density at radius 2 is 2.13 bits per heavy atom. The van der Waals surface area contributed by atoms with Gasteiger partial charge in [-0.3, -0.25) is 0 Å². The number of hydrogen-bond donors (Lipinski definition) is 2. The summed E-state index contributed by atoms with van der Waals surface area (Å²) in [6.07, 6.45) is 7.25. The molecular weight excluding hydrogens is 206 g/mol. The zero-order valence-electron chi connectivity index (χ0n) is 9.61. The molecule has 0 heterocycles. The van der Waals surface area contributed by atoms with Crippen molar-refractivity contribution in [1.29, 1.82) is 0 Å². The second kappa shape index (κ2) is 5.55. The lowest BCUT2D eigenvalue weighted by Crippen LogP contribution is -2.41. The molecule has 2 fully saturated rings. The first-order valence-corrected chi connectivity index (χ1v) is 7.40. The van der Waals surface area contributed by atoms with Crippen molar-refractivity contribution in [2.45, 2.75) is 68.9 Å². The Kier molecular flexibility index (Phi) is 4.35. The van der Waals surface area contributed by atoms with Crippen LogP contribution in [0.2, 0.25) is 0 Å². The van der Waals surface area contributed by atoms with Gasteiger partial charge in [0.2, 0.25) is 0 Å². The molecule has 0 spiro atoms. The van der Waals surface area contributed by atoms with Crippen LogP contribution in [0, 0.1) is 0 Å². The largest absolute Gasteiger partial charge is 0.392 e. The lowest BCUT2D eigenvalue weighted by Gasteiger charge is -2.21. The third kappa shape index (κ3) is 3.11. The average Bonchev–Trinajstić information content (AvgIpc) is 2.79. The Morgan fingerprint density at radius 1 is 1.27 bits per heavy atom. The minimum absolute atomic E-state index is 0.0807. The minimum atomic E-state index is -0.0807. The van der Waals surface area contributed by atoms with Gasteiger partial charge in [0, 0.05) is 17.3 Å². The van der Waals surface area contributed by atoms with E-state index in [9.17, 15) is 5.11 Å². The molecule has 0 aromatic heterocycles. The van der Waals surface area contributed by atoms with Crippen molar-refractivity contribution in [3.8, 4) is 0 Å². The summed E-state index contributed by atoms with van der Waals surface area (Å²) in [7, 11) is 0. The number of rotatable bonds is 4. The fraction of sp³-hybridized carbons (Fsp3) is 1.00. The molecule has 2 saturated carbocycles. The van der Waals surface area contributed by atoms with Crippen LogP contribution in [0.15, 0.2) is 0 Å². The second-order valence-corrected chi connectivity index (χ2v) is 6.44. The summed E-state index contributed by atoms with van der Waals surface area (Å²) in [6.45, 7) is 2.24. The maximum Gasteiger partial charge on any atom is 0.0693 e. The highest BCUT2D eigenvalue weighted by Crippen LogP contribution is 2.31. The maximum absolute atomic E-state index is 9.75. The van der Waals surface area contributed by atoms with E-state index in [1.54, 1.807) is 0 Å². The fourth-order valence-electron chi connectivity index (χ4n) is 2.92. The average molecular weight is 229 g/mol. The van der Waals surface area contributed by atoms with Gasteiger partial charge in [-0.15, -0.1) is 0 Å². The van der Waals surface area contributed by atoms with E-state index in [-0.39, 0.29) is 6.10 Å². The first-order valence-electron chi connectivity index (χ1n) is 6.35. The Labute approximate surface area is 97.2 Å². The van der Waals surface area contributed by atoms with Crippen LogP contribution in [0.4, 0.5) is 0 Å². The van der Waals surface area contributed by atoms with Crippen LogP contribution in [0.3, 0.4) is 0 Å². The van der Waals surface area contributed by atoms with Gasteiger partial charge >= 0.3 is 0 Å². The molecule has 0 aromatic rings. The van der Waals surface area contributed by atoms with Gasteiger partial charge < -0.3 is 10.4 Å². The van der Waals surface area contributed by atoms with Gasteiger partial charge in [-0.25, -0.2) is 0 Å². The molecule has 2 rings (SSSR count). The molecule has 2 N–H and O–H groups in total. The van der Waals surface area contributed by atoms with Gasteiger partial charge in [-0.1, -0.05) is 6.92 Å². The van der Waals surface area contributed by atoms with Crippen molar-refractivity contribution >= 4 is 11.8 Å². The van der Waals surface area contributed by atoms with Crippen LogP contribution >= 0.6 is 11.8 Å². The minimum Gasteiger partial charge on any atom is -0.392 e. The van der Waals surface area contributed by atoms with E-state index in [1.807, 2.05) is 0 Å². The van der Waals surface area contributed by atoms with Crippen LogP contribution in [0.5, 0.6) is 0 Å². The molecule has 88 valence electrons. The number of nitrogens with one attached hydrogen (secondary N) is 1. The lowest BCUT2D eigenvalue weighted by atomic mass is 10.1. The van der Waals surface area contributed by atoms with Gasteiger partial charge in [0.05, 0.1) is 6.10 Å². The number of hydrogen-bond acceptors (Lipinski definition) is 3. The quantitative estimate of drug-likeness (QED) is 0.775. The van der Waals surface area contributed by atoms with Crippen LogP contribution in [0.1, 0.15) is 45.4 Å². The first kappa shape index (κ1) is 11.7. The van der Waals surface area contributed by atoms with E-state index >= 15 is 0 Å². The Hall–Kier alpha value is 0.270. The smallest absolute Gasteiger partial charge is 0.0693 e. The van der Waals surface area contributed by atoms with Gasteiger partial charge in [-0.05, 0) is 44.3 Å². The van der Waals surface area contributed by atoms with E-state index in [0.717, 1.165) is 11.7 Å². The van der Waals surface area contributed by atoms with Crippen molar-refractivity contribution in [2.24, 2.45) is 0 Å². The van der Waals surface area contributed by atoms with E-state index < -0.39 is 0 Å². The van der Waals surface area contributed by atoms with Crippen molar-refractivity contribution in [2.75, 3.05) is 5.75 Å². The summed E-state index contributed by atoms with van der Waals surface area (Å²) in [5, 5.41) is 14.3. The molecule has 0 aromatic carbocycles. The van der Waals surface area contributed by atoms with Crippen molar-refractivity contribution in [3.05, 3.63) is 0 Å².